The fourth-order valence-electron chi connectivity index (χ4n) is 2.69. The number of aromatic nitrogens is 1. The van der Waals surface area contributed by atoms with Gasteiger partial charge in [0.25, 0.3) is 0 Å². The smallest absolute Gasteiger partial charge is 0.234 e. The Kier molecular flexibility index (Phi) is 5.22. The number of benzene rings is 1. The molecule has 1 aromatic carbocycles. The molecule has 1 heterocycles. The highest BCUT2D eigenvalue weighted by atomic mass is 19.1. The van der Waals surface area contributed by atoms with E-state index in [1.807, 2.05) is 26.0 Å². The zero-order valence-corrected chi connectivity index (χ0v) is 14.7. The summed E-state index contributed by atoms with van der Waals surface area (Å²) in [4.78, 5) is 18.5. The summed E-state index contributed by atoms with van der Waals surface area (Å²) in [5.74, 6) is -1.18. The molecule has 2 aromatic rings. The minimum Gasteiger partial charge on any atom is -0.508 e. The van der Waals surface area contributed by atoms with Gasteiger partial charge in [-0.25, -0.2) is 4.39 Å². The molecule has 128 valence electrons. The van der Waals surface area contributed by atoms with Crippen molar-refractivity contribution in [2.75, 3.05) is 11.9 Å². The lowest BCUT2D eigenvalue weighted by molar-refractivity contribution is -0.119. The SMILES string of the molecule is Cc1c(O)ccc(F)c1C(C)C(=O)N(C)c1ccc(C(C)C)nc1. The van der Waals surface area contributed by atoms with E-state index in [1.54, 1.807) is 27.1 Å². The van der Waals surface area contributed by atoms with Gasteiger partial charge in [0.2, 0.25) is 5.91 Å². The third-order valence-corrected chi connectivity index (χ3v) is 4.32. The van der Waals surface area contributed by atoms with Crippen LogP contribution >= 0.6 is 0 Å². The molecule has 0 aliphatic carbocycles. The van der Waals surface area contributed by atoms with Crippen molar-refractivity contribution in [1.82, 2.24) is 4.98 Å². The minimum absolute atomic E-state index is 0.0170. The van der Waals surface area contributed by atoms with E-state index in [2.05, 4.69) is 4.98 Å². The second-order valence-electron chi connectivity index (χ2n) is 6.32. The van der Waals surface area contributed by atoms with E-state index in [0.29, 0.717) is 17.2 Å². The number of likely N-dealkylation sites (N-methyl/N-ethyl adjacent to an activating group) is 1. The average molecular weight is 330 g/mol. The highest BCUT2D eigenvalue weighted by molar-refractivity contribution is 5.97. The average Bonchev–Trinajstić information content (AvgIpc) is 2.57. The summed E-state index contributed by atoms with van der Waals surface area (Å²) in [5.41, 5.74) is 2.20. The number of hydrogen-bond acceptors (Lipinski definition) is 3. The van der Waals surface area contributed by atoms with Gasteiger partial charge in [0.05, 0.1) is 17.8 Å². The quantitative estimate of drug-likeness (QED) is 0.917. The van der Waals surface area contributed by atoms with E-state index >= 15 is 0 Å². The van der Waals surface area contributed by atoms with Crippen molar-refractivity contribution in [3.8, 4) is 5.75 Å². The van der Waals surface area contributed by atoms with Crippen molar-refractivity contribution in [3.63, 3.8) is 0 Å². The second-order valence-corrected chi connectivity index (χ2v) is 6.32. The van der Waals surface area contributed by atoms with Gasteiger partial charge in [-0.1, -0.05) is 13.8 Å². The molecule has 4 nitrogen and oxygen atoms in total. The standard InChI is InChI=1S/C19H23FN2O2/c1-11(2)16-8-6-14(10-21-16)22(5)19(24)13(4)18-12(3)17(23)9-7-15(18)20/h6-11,13,23H,1-5H3. The zero-order chi connectivity index (χ0) is 18.0. The van der Waals surface area contributed by atoms with Gasteiger partial charge in [-0.15, -0.1) is 0 Å². The van der Waals surface area contributed by atoms with Crippen LogP contribution in [0.3, 0.4) is 0 Å². The van der Waals surface area contributed by atoms with Gasteiger partial charge in [-0.2, -0.15) is 0 Å². The molecule has 5 heteroatoms. The number of phenolic OH excluding ortho intramolecular Hbond substituents is 1. The van der Waals surface area contributed by atoms with E-state index < -0.39 is 11.7 Å². The van der Waals surface area contributed by atoms with Crippen LogP contribution in [0.4, 0.5) is 10.1 Å². The number of phenols is 1. The van der Waals surface area contributed by atoms with Crippen LogP contribution in [0.25, 0.3) is 0 Å². The van der Waals surface area contributed by atoms with Crippen LogP contribution in [0.1, 0.15) is 49.4 Å². The topological polar surface area (TPSA) is 53.4 Å². The first kappa shape index (κ1) is 17.9. The van der Waals surface area contributed by atoms with Crippen LogP contribution in [0, 0.1) is 12.7 Å². The summed E-state index contributed by atoms with van der Waals surface area (Å²) < 4.78 is 14.2. The van der Waals surface area contributed by atoms with Crippen molar-refractivity contribution in [3.05, 3.63) is 53.1 Å². The Morgan fingerprint density at radius 2 is 1.88 bits per heavy atom. The molecule has 0 radical (unpaired) electrons. The number of hydrogen-bond donors (Lipinski definition) is 1. The molecular formula is C19H23FN2O2. The van der Waals surface area contributed by atoms with Gasteiger partial charge in [-0.05, 0) is 49.6 Å². The maximum atomic E-state index is 14.2. The number of aromatic hydroxyl groups is 1. The van der Waals surface area contributed by atoms with E-state index in [4.69, 9.17) is 0 Å². The van der Waals surface area contributed by atoms with Crippen molar-refractivity contribution in [1.29, 1.82) is 0 Å². The molecule has 0 fully saturated rings. The molecule has 1 N–H and O–H groups in total. The molecule has 0 saturated heterocycles. The highest BCUT2D eigenvalue weighted by Gasteiger charge is 2.26. The third-order valence-electron chi connectivity index (χ3n) is 4.32. The van der Waals surface area contributed by atoms with Gasteiger partial charge in [0.1, 0.15) is 11.6 Å². The molecule has 0 saturated carbocycles. The molecule has 2 rings (SSSR count). The van der Waals surface area contributed by atoms with Crippen LogP contribution in [-0.4, -0.2) is 23.0 Å². The Labute approximate surface area is 142 Å². The minimum atomic E-state index is -0.716. The lowest BCUT2D eigenvalue weighted by atomic mass is 9.94. The fraction of sp³-hybridized carbons (Fsp3) is 0.368. The van der Waals surface area contributed by atoms with Crippen molar-refractivity contribution in [2.45, 2.75) is 39.5 Å². The first-order valence-electron chi connectivity index (χ1n) is 7.95. The maximum Gasteiger partial charge on any atom is 0.234 e. The summed E-state index contributed by atoms with van der Waals surface area (Å²) in [6.45, 7) is 7.34. The molecule has 0 spiro atoms. The number of rotatable bonds is 4. The predicted octanol–water partition coefficient (Wildman–Crippen LogP) is 4.12. The number of halogens is 1. The molecule has 1 aromatic heterocycles. The molecule has 0 aliphatic heterocycles. The van der Waals surface area contributed by atoms with Crippen molar-refractivity contribution < 1.29 is 14.3 Å². The summed E-state index contributed by atoms with van der Waals surface area (Å²) in [6.07, 6.45) is 1.64. The molecule has 1 amide bonds. The molecule has 24 heavy (non-hydrogen) atoms. The summed E-state index contributed by atoms with van der Waals surface area (Å²) in [5, 5.41) is 9.79. The van der Waals surface area contributed by atoms with Crippen LogP contribution in [0.15, 0.2) is 30.5 Å². The molecular weight excluding hydrogens is 307 g/mol. The number of amides is 1. The predicted molar refractivity (Wildman–Crippen MR) is 93.0 cm³/mol. The van der Waals surface area contributed by atoms with E-state index in [9.17, 15) is 14.3 Å². The monoisotopic (exact) mass is 330 g/mol. The van der Waals surface area contributed by atoms with Gasteiger partial charge in [0.15, 0.2) is 0 Å². The van der Waals surface area contributed by atoms with Gasteiger partial charge in [0, 0.05) is 18.3 Å². The molecule has 0 aliphatic rings. The van der Waals surface area contributed by atoms with Crippen LogP contribution in [0.5, 0.6) is 5.75 Å². The van der Waals surface area contributed by atoms with Crippen molar-refractivity contribution >= 4 is 11.6 Å². The van der Waals surface area contributed by atoms with Crippen molar-refractivity contribution in [2.24, 2.45) is 0 Å². The summed E-state index contributed by atoms with van der Waals surface area (Å²) in [6, 6.07) is 6.19. The maximum absolute atomic E-state index is 14.2. The van der Waals surface area contributed by atoms with E-state index in [0.717, 1.165) is 5.69 Å². The van der Waals surface area contributed by atoms with Gasteiger partial charge < -0.3 is 10.0 Å². The Balaban J connectivity index is 2.29. The molecule has 1 unspecified atom stereocenters. The number of carbonyl (C=O) groups excluding carboxylic acids is 1. The second kappa shape index (κ2) is 6.99. The fourth-order valence-corrected chi connectivity index (χ4v) is 2.69. The van der Waals surface area contributed by atoms with Crippen LogP contribution in [-0.2, 0) is 4.79 Å². The number of nitrogens with zero attached hydrogens (tertiary/aromatic N) is 2. The first-order chi connectivity index (χ1) is 11.2. The highest BCUT2D eigenvalue weighted by Crippen LogP contribution is 2.31. The zero-order valence-electron chi connectivity index (χ0n) is 14.7. The normalized spacial score (nSPS) is 12.3. The van der Waals surface area contributed by atoms with E-state index in [-0.39, 0.29) is 17.2 Å². The van der Waals surface area contributed by atoms with Gasteiger partial charge in [-0.3, -0.25) is 9.78 Å². The largest absolute Gasteiger partial charge is 0.508 e. The van der Waals surface area contributed by atoms with E-state index in [1.165, 1.54) is 17.0 Å². The Hall–Kier alpha value is -2.43. The molecule has 0 bridgehead atoms. The Morgan fingerprint density at radius 3 is 2.42 bits per heavy atom. The third kappa shape index (κ3) is 3.40. The van der Waals surface area contributed by atoms with Crippen LogP contribution < -0.4 is 4.90 Å². The van der Waals surface area contributed by atoms with Gasteiger partial charge >= 0.3 is 0 Å². The summed E-state index contributed by atoms with van der Waals surface area (Å²) >= 11 is 0. The number of anilines is 1. The molecule has 1 atom stereocenters. The first-order valence-corrected chi connectivity index (χ1v) is 7.95. The lowest BCUT2D eigenvalue weighted by Gasteiger charge is -2.23. The van der Waals surface area contributed by atoms with Crippen LogP contribution in [0.2, 0.25) is 0 Å². The number of carbonyl (C=O) groups is 1. The number of pyridine rings is 1. The summed E-state index contributed by atoms with van der Waals surface area (Å²) in [7, 11) is 1.64. The Morgan fingerprint density at radius 1 is 1.21 bits per heavy atom. The Bertz CT molecular complexity index is 742. The lowest BCUT2D eigenvalue weighted by Crippen LogP contribution is -2.31.